The molecule has 3 nitrogen and oxygen atoms in total. The lowest BCUT2D eigenvalue weighted by atomic mass is 9.95. The first-order chi connectivity index (χ1) is 10.2. The molecular formula is C18H23NO2. The van der Waals surface area contributed by atoms with E-state index in [9.17, 15) is 0 Å². The SMILES string of the molecule is CCOc1ccccc1C(NC)c1cc(C)ccc1OC. The molecule has 2 rings (SSSR count). The number of ether oxygens (including phenoxy) is 2. The van der Waals surface area contributed by atoms with Gasteiger partial charge in [0, 0.05) is 11.1 Å². The number of para-hydroxylation sites is 1. The van der Waals surface area contributed by atoms with Gasteiger partial charge >= 0.3 is 0 Å². The van der Waals surface area contributed by atoms with Gasteiger partial charge in [0.05, 0.1) is 19.8 Å². The van der Waals surface area contributed by atoms with Gasteiger partial charge in [-0.05, 0) is 33.0 Å². The van der Waals surface area contributed by atoms with E-state index in [-0.39, 0.29) is 6.04 Å². The second-order valence-electron chi connectivity index (χ2n) is 4.94. The highest BCUT2D eigenvalue weighted by atomic mass is 16.5. The standard InChI is InChI=1S/C18H23NO2/c1-5-21-17-9-7-6-8-14(17)18(19-3)15-12-13(2)10-11-16(15)20-4/h6-12,18-19H,5H2,1-4H3. The van der Waals surface area contributed by atoms with E-state index in [1.54, 1.807) is 7.11 Å². The summed E-state index contributed by atoms with van der Waals surface area (Å²) in [6, 6.07) is 14.4. The Bertz CT molecular complexity index is 596. The summed E-state index contributed by atoms with van der Waals surface area (Å²) < 4.78 is 11.3. The van der Waals surface area contributed by atoms with Crippen LogP contribution in [-0.4, -0.2) is 20.8 Å². The Morgan fingerprint density at radius 3 is 2.48 bits per heavy atom. The lowest BCUT2D eigenvalue weighted by Gasteiger charge is -2.22. The van der Waals surface area contributed by atoms with Gasteiger partial charge in [-0.15, -0.1) is 0 Å². The summed E-state index contributed by atoms with van der Waals surface area (Å²) in [5.74, 6) is 1.79. The molecule has 1 atom stereocenters. The number of methoxy groups -OCH3 is 1. The van der Waals surface area contributed by atoms with Gasteiger partial charge in [-0.1, -0.05) is 35.9 Å². The number of rotatable bonds is 6. The van der Waals surface area contributed by atoms with Crippen LogP contribution < -0.4 is 14.8 Å². The van der Waals surface area contributed by atoms with Gasteiger partial charge in [0.1, 0.15) is 11.5 Å². The van der Waals surface area contributed by atoms with Crippen LogP contribution in [0.5, 0.6) is 11.5 Å². The summed E-state index contributed by atoms with van der Waals surface area (Å²) in [6.07, 6.45) is 0. The molecule has 0 spiro atoms. The lowest BCUT2D eigenvalue weighted by molar-refractivity contribution is 0.333. The monoisotopic (exact) mass is 285 g/mol. The first-order valence-corrected chi connectivity index (χ1v) is 7.24. The van der Waals surface area contributed by atoms with Gasteiger partial charge in [0.25, 0.3) is 0 Å². The van der Waals surface area contributed by atoms with Crippen molar-refractivity contribution >= 4 is 0 Å². The molecule has 0 fully saturated rings. The van der Waals surface area contributed by atoms with Gasteiger partial charge in [0.2, 0.25) is 0 Å². The molecule has 0 saturated heterocycles. The van der Waals surface area contributed by atoms with E-state index < -0.39 is 0 Å². The van der Waals surface area contributed by atoms with Gasteiger partial charge in [-0.2, -0.15) is 0 Å². The molecule has 0 aromatic heterocycles. The van der Waals surface area contributed by atoms with Crippen molar-refractivity contribution in [3.05, 3.63) is 59.2 Å². The van der Waals surface area contributed by atoms with Crippen LogP contribution in [-0.2, 0) is 0 Å². The molecular weight excluding hydrogens is 262 g/mol. The van der Waals surface area contributed by atoms with Crippen molar-refractivity contribution in [1.82, 2.24) is 5.32 Å². The highest BCUT2D eigenvalue weighted by molar-refractivity contribution is 5.47. The molecule has 1 unspecified atom stereocenters. The van der Waals surface area contributed by atoms with Crippen LogP contribution >= 0.6 is 0 Å². The highest BCUT2D eigenvalue weighted by Gasteiger charge is 2.20. The molecule has 0 bridgehead atoms. The molecule has 0 saturated carbocycles. The van der Waals surface area contributed by atoms with Crippen LogP contribution in [0.4, 0.5) is 0 Å². The third-order valence-electron chi connectivity index (χ3n) is 3.51. The van der Waals surface area contributed by atoms with E-state index in [0.717, 1.165) is 22.6 Å². The molecule has 2 aromatic carbocycles. The molecule has 21 heavy (non-hydrogen) atoms. The van der Waals surface area contributed by atoms with Gasteiger partial charge in [-0.25, -0.2) is 0 Å². The Labute approximate surface area is 126 Å². The van der Waals surface area contributed by atoms with E-state index in [4.69, 9.17) is 9.47 Å². The van der Waals surface area contributed by atoms with E-state index in [1.165, 1.54) is 5.56 Å². The summed E-state index contributed by atoms with van der Waals surface area (Å²) in [4.78, 5) is 0. The average molecular weight is 285 g/mol. The molecule has 0 aliphatic rings. The number of nitrogens with one attached hydrogen (secondary N) is 1. The predicted molar refractivity (Wildman–Crippen MR) is 86.2 cm³/mol. The number of hydrogen-bond acceptors (Lipinski definition) is 3. The van der Waals surface area contributed by atoms with Crippen LogP contribution in [0.15, 0.2) is 42.5 Å². The highest BCUT2D eigenvalue weighted by Crippen LogP contribution is 2.35. The molecule has 112 valence electrons. The molecule has 2 aromatic rings. The molecule has 0 heterocycles. The van der Waals surface area contributed by atoms with Gasteiger partial charge < -0.3 is 14.8 Å². The topological polar surface area (TPSA) is 30.5 Å². The third-order valence-corrected chi connectivity index (χ3v) is 3.51. The second-order valence-corrected chi connectivity index (χ2v) is 4.94. The Morgan fingerprint density at radius 2 is 1.81 bits per heavy atom. The Kier molecular flexibility index (Phi) is 5.23. The molecule has 1 N–H and O–H groups in total. The first-order valence-electron chi connectivity index (χ1n) is 7.24. The second kappa shape index (κ2) is 7.14. The Morgan fingerprint density at radius 1 is 1.05 bits per heavy atom. The van der Waals surface area contributed by atoms with E-state index >= 15 is 0 Å². The van der Waals surface area contributed by atoms with Crippen molar-refractivity contribution in [2.45, 2.75) is 19.9 Å². The predicted octanol–water partition coefficient (Wildman–Crippen LogP) is 3.71. The zero-order valence-corrected chi connectivity index (χ0v) is 13.1. The molecule has 0 radical (unpaired) electrons. The summed E-state index contributed by atoms with van der Waals surface area (Å²) in [5, 5.41) is 3.38. The lowest BCUT2D eigenvalue weighted by Crippen LogP contribution is -2.19. The van der Waals surface area contributed by atoms with E-state index in [2.05, 4.69) is 30.4 Å². The number of benzene rings is 2. The summed E-state index contributed by atoms with van der Waals surface area (Å²) in [5.41, 5.74) is 3.44. The van der Waals surface area contributed by atoms with Crippen LogP contribution in [0.2, 0.25) is 0 Å². The van der Waals surface area contributed by atoms with E-state index in [0.29, 0.717) is 6.61 Å². The molecule has 3 heteroatoms. The van der Waals surface area contributed by atoms with E-state index in [1.807, 2.05) is 38.2 Å². The normalized spacial score (nSPS) is 12.0. The summed E-state index contributed by atoms with van der Waals surface area (Å²) in [6.45, 7) is 4.74. The number of hydrogen-bond donors (Lipinski definition) is 1. The van der Waals surface area contributed by atoms with Crippen molar-refractivity contribution in [1.29, 1.82) is 0 Å². The van der Waals surface area contributed by atoms with Crippen molar-refractivity contribution in [2.75, 3.05) is 20.8 Å². The van der Waals surface area contributed by atoms with Crippen LogP contribution in [0.25, 0.3) is 0 Å². The maximum Gasteiger partial charge on any atom is 0.124 e. The van der Waals surface area contributed by atoms with Crippen molar-refractivity contribution in [3.8, 4) is 11.5 Å². The first kappa shape index (κ1) is 15.4. The van der Waals surface area contributed by atoms with Crippen molar-refractivity contribution in [3.63, 3.8) is 0 Å². The quantitative estimate of drug-likeness (QED) is 0.877. The number of aryl methyl sites for hydroxylation is 1. The van der Waals surface area contributed by atoms with Gasteiger partial charge in [0.15, 0.2) is 0 Å². The summed E-state index contributed by atoms with van der Waals surface area (Å²) in [7, 11) is 3.66. The average Bonchev–Trinajstić information content (AvgIpc) is 2.50. The molecule has 0 amide bonds. The fraction of sp³-hybridized carbons (Fsp3) is 0.333. The fourth-order valence-corrected chi connectivity index (χ4v) is 2.56. The van der Waals surface area contributed by atoms with Crippen LogP contribution in [0, 0.1) is 6.92 Å². The maximum atomic E-state index is 5.76. The maximum absolute atomic E-state index is 5.76. The minimum atomic E-state index is 0.0302. The largest absolute Gasteiger partial charge is 0.496 e. The zero-order chi connectivity index (χ0) is 15.2. The third kappa shape index (κ3) is 3.37. The molecule has 0 aliphatic carbocycles. The molecule has 0 aliphatic heterocycles. The van der Waals surface area contributed by atoms with Crippen LogP contribution in [0.3, 0.4) is 0 Å². The Hall–Kier alpha value is -2.00. The fourth-order valence-electron chi connectivity index (χ4n) is 2.56. The smallest absolute Gasteiger partial charge is 0.124 e. The Balaban J connectivity index is 2.52. The minimum Gasteiger partial charge on any atom is -0.496 e. The van der Waals surface area contributed by atoms with Gasteiger partial charge in [-0.3, -0.25) is 0 Å². The zero-order valence-electron chi connectivity index (χ0n) is 13.1. The van der Waals surface area contributed by atoms with Crippen LogP contribution in [0.1, 0.15) is 29.7 Å². The minimum absolute atomic E-state index is 0.0302. The van der Waals surface area contributed by atoms with Crippen molar-refractivity contribution < 1.29 is 9.47 Å². The van der Waals surface area contributed by atoms with Crippen molar-refractivity contribution in [2.24, 2.45) is 0 Å². The summed E-state index contributed by atoms with van der Waals surface area (Å²) >= 11 is 0.